The number of hydrogen-bond acceptors (Lipinski definition) is 7. The van der Waals surface area contributed by atoms with Crippen LogP contribution < -0.4 is 5.32 Å². The highest BCUT2D eigenvalue weighted by Crippen LogP contribution is 2.23. The first-order chi connectivity index (χ1) is 11.3. The lowest BCUT2D eigenvalue weighted by molar-refractivity contribution is -0.113. The van der Waals surface area contributed by atoms with E-state index in [-0.39, 0.29) is 11.7 Å². The van der Waals surface area contributed by atoms with Crippen LogP contribution in [0, 0.1) is 11.3 Å². The van der Waals surface area contributed by atoms with Crippen molar-refractivity contribution in [3.8, 4) is 17.5 Å². The average Bonchev–Trinajstić information content (AvgIpc) is 3.23. The van der Waals surface area contributed by atoms with Gasteiger partial charge in [0.05, 0.1) is 11.3 Å². The lowest BCUT2D eigenvalue weighted by atomic mass is 10.3. The van der Waals surface area contributed by atoms with Crippen LogP contribution >= 0.6 is 23.1 Å². The number of rotatable bonds is 5. The molecule has 23 heavy (non-hydrogen) atoms. The first kappa shape index (κ1) is 15.2. The maximum atomic E-state index is 11.9. The highest BCUT2D eigenvalue weighted by atomic mass is 32.2. The molecule has 114 valence electrons. The van der Waals surface area contributed by atoms with Gasteiger partial charge in [-0.15, -0.1) is 16.4 Å². The Bertz CT molecular complexity index is 852. The Morgan fingerprint density at radius 2 is 2.22 bits per heavy atom. The number of aromatic amines is 1. The number of aromatic nitrogens is 4. The average molecular weight is 342 g/mol. The predicted molar refractivity (Wildman–Crippen MR) is 88.0 cm³/mol. The number of anilines is 1. The smallest absolute Gasteiger partial charge is 0.235 e. The molecule has 9 heteroatoms. The van der Waals surface area contributed by atoms with Crippen LogP contribution in [0.15, 0.2) is 41.1 Å². The maximum Gasteiger partial charge on any atom is 0.235 e. The van der Waals surface area contributed by atoms with Crippen molar-refractivity contribution in [2.45, 2.75) is 5.16 Å². The molecule has 0 unspecified atom stereocenters. The molecule has 0 fully saturated rings. The van der Waals surface area contributed by atoms with E-state index >= 15 is 0 Å². The Balaban J connectivity index is 1.58. The Hall–Kier alpha value is -2.70. The number of nitrogens with zero attached hydrogens (tertiary/aromatic N) is 4. The van der Waals surface area contributed by atoms with Gasteiger partial charge in [0.25, 0.3) is 0 Å². The molecule has 0 bridgehead atoms. The Kier molecular flexibility index (Phi) is 4.65. The molecule has 3 rings (SSSR count). The fourth-order valence-electron chi connectivity index (χ4n) is 1.74. The fourth-order valence-corrected chi connectivity index (χ4v) is 3.09. The summed E-state index contributed by atoms with van der Waals surface area (Å²) in [6, 6.07) is 7.34. The molecular weight excluding hydrogens is 332 g/mol. The van der Waals surface area contributed by atoms with E-state index in [1.807, 2.05) is 18.2 Å². The van der Waals surface area contributed by atoms with Gasteiger partial charge in [-0.05, 0) is 23.6 Å². The number of thiophene rings is 1. The van der Waals surface area contributed by atoms with Crippen molar-refractivity contribution in [3.05, 3.63) is 41.5 Å². The summed E-state index contributed by atoms with van der Waals surface area (Å²) < 4.78 is 0. The highest BCUT2D eigenvalue weighted by molar-refractivity contribution is 7.99. The lowest BCUT2D eigenvalue weighted by Crippen LogP contribution is -2.13. The van der Waals surface area contributed by atoms with Gasteiger partial charge in [0.1, 0.15) is 11.1 Å². The van der Waals surface area contributed by atoms with Crippen molar-refractivity contribution in [1.82, 2.24) is 20.2 Å². The zero-order chi connectivity index (χ0) is 16.1. The number of amides is 1. The number of nitrogens with one attached hydrogen (secondary N) is 2. The Labute approximate surface area is 139 Å². The van der Waals surface area contributed by atoms with Gasteiger partial charge in [0, 0.05) is 18.0 Å². The molecule has 7 nitrogen and oxygen atoms in total. The number of nitriles is 1. The minimum Gasteiger partial charge on any atom is -0.316 e. The Morgan fingerprint density at radius 1 is 1.39 bits per heavy atom. The van der Waals surface area contributed by atoms with Crippen molar-refractivity contribution >= 4 is 34.0 Å². The van der Waals surface area contributed by atoms with Crippen molar-refractivity contribution < 1.29 is 4.79 Å². The monoisotopic (exact) mass is 342 g/mol. The standard InChI is InChI=1S/C14H10N6OS2/c15-7-10-3-6-22-13(10)17-11(21)8-23-14-18-12(19-20-14)9-1-4-16-5-2-9/h1-6H,8H2,(H,17,21)(H,18,19,20). The quantitative estimate of drug-likeness (QED) is 0.690. The van der Waals surface area contributed by atoms with E-state index in [9.17, 15) is 4.79 Å². The predicted octanol–water partition coefficient (Wildman–Crippen LogP) is 2.53. The molecule has 0 aromatic carbocycles. The molecule has 0 saturated heterocycles. The van der Waals surface area contributed by atoms with Crippen molar-refractivity contribution in [2.75, 3.05) is 11.1 Å². The molecule has 0 aliphatic rings. The third-order valence-electron chi connectivity index (χ3n) is 2.79. The van der Waals surface area contributed by atoms with Crippen LogP contribution in [0.3, 0.4) is 0 Å². The van der Waals surface area contributed by atoms with Crippen LogP contribution in [-0.4, -0.2) is 31.8 Å². The largest absolute Gasteiger partial charge is 0.316 e. The van der Waals surface area contributed by atoms with Gasteiger partial charge in [-0.3, -0.25) is 14.9 Å². The SMILES string of the molecule is N#Cc1ccsc1NC(=O)CSc1n[nH]c(-c2ccncc2)n1. The minimum atomic E-state index is -0.204. The maximum absolute atomic E-state index is 11.9. The molecule has 0 aliphatic carbocycles. The molecule has 3 heterocycles. The first-order valence-electron chi connectivity index (χ1n) is 6.49. The summed E-state index contributed by atoms with van der Waals surface area (Å²) in [5.41, 5.74) is 1.34. The second kappa shape index (κ2) is 7.04. The van der Waals surface area contributed by atoms with E-state index in [0.29, 0.717) is 21.5 Å². The number of carbonyl (C=O) groups excluding carboxylic acids is 1. The third-order valence-corrected chi connectivity index (χ3v) is 4.47. The second-order valence-electron chi connectivity index (χ2n) is 4.31. The van der Waals surface area contributed by atoms with Gasteiger partial charge in [-0.1, -0.05) is 11.8 Å². The van der Waals surface area contributed by atoms with Gasteiger partial charge < -0.3 is 5.32 Å². The summed E-state index contributed by atoms with van der Waals surface area (Å²) in [7, 11) is 0. The van der Waals surface area contributed by atoms with Gasteiger partial charge >= 0.3 is 0 Å². The molecular formula is C14H10N6OS2. The Morgan fingerprint density at radius 3 is 3.00 bits per heavy atom. The normalized spacial score (nSPS) is 10.2. The van der Waals surface area contributed by atoms with Crippen LogP contribution in [-0.2, 0) is 4.79 Å². The number of thioether (sulfide) groups is 1. The second-order valence-corrected chi connectivity index (χ2v) is 6.17. The summed E-state index contributed by atoms with van der Waals surface area (Å²) in [6.45, 7) is 0. The summed E-state index contributed by atoms with van der Waals surface area (Å²) in [5.74, 6) is 0.584. The van der Waals surface area contributed by atoms with Crippen LogP contribution in [0.25, 0.3) is 11.4 Å². The number of pyridine rings is 1. The summed E-state index contributed by atoms with van der Waals surface area (Å²) >= 11 is 2.54. The van der Waals surface area contributed by atoms with Crippen molar-refractivity contribution in [1.29, 1.82) is 5.26 Å². The van der Waals surface area contributed by atoms with E-state index in [1.54, 1.807) is 23.8 Å². The summed E-state index contributed by atoms with van der Waals surface area (Å²) in [4.78, 5) is 20.2. The molecule has 0 atom stereocenters. The van der Waals surface area contributed by atoms with E-state index < -0.39 is 0 Å². The number of carbonyl (C=O) groups is 1. The van der Waals surface area contributed by atoms with Crippen molar-refractivity contribution in [3.63, 3.8) is 0 Å². The van der Waals surface area contributed by atoms with Gasteiger partial charge in [-0.2, -0.15) is 5.26 Å². The van der Waals surface area contributed by atoms with Crippen LogP contribution in [0.5, 0.6) is 0 Å². The molecule has 0 aliphatic heterocycles. The third kappa shape index (κ3) is 3.74. The highest BCUT2D eigenvalue weighted by Gasteiger charge is 2.11. The molecule has 0 saturated carbocycles. The van der Waals surface area contributed by atoms with Crippen LogP contribution in [0.1, 0.15) is 5.56 Å². The molecule has 1 amide bonds. The van der Waals surface area contributed by atoms with E-state index in [4.69, 9.17) is 5.26 Å². The number of hydrogen-bond donors (Lipinski definition) is 2. The lowest BCUT2D eigenvalue weighted by Gasteiger charge is -2.01. The minimum absolute atomic E-state index is 0.163. The van der Waals surface area contributed by atoms with E-state index in [2.05, 4.69) is 25.5 Å². The summed E-state index contributed by atoms with van der Waals surface area (Å²) in [6.07, 6.45) is 3.35. The zero-order valence-electron chi connectivity index (χ0n) is 11.7. The van der Waals surface area contributed by atoms with Gasteiger partial charge in [0.15, 0.2) is 5.82 Å². The molecule has 0 radical (unpaired) electrons. The zero-order valence-corrected chi connectivity index (χ0v) is 13.3. The van der Waals surface area contributed by atoms with E-state index in [0.717, 1.165) is 5.56 Å². The molecule has 3 aromatic heterocycles. The van der Waals surface area contributed by atoms with Gasteiger partial charge in [0.2, 0.25) is 11.1 Å². The van der Waals surface area contributed by atoms with Crippen LogP contribution in [0.2, 0.25) is 0 Å². The molecule has 2 N–H and O–H groups in total. The van der Waals surface area contributed by atoms with Crippen molar-refractivity contribution in [2.24, 2.45) is 0 Å². The fraction of sp³-hybridized carbons (Fsp3) is 0.0714. The molecule has 3 aromatic rings. The van der Waals surface area contributed by atoms with Gasteiger partial charge in [-0.25, -0.2) is 4.98 Å². The summed E-state index contributed by atoms with van der Waals surface area (Å²) in [5, 5.41) is 21.3. The first-order valence-corrected chi connectivity index (χ1v) is 8.36. The number of H-pyrrole nitrogens is 1. The molecule has 0 spiro atoms. The van der Waals surface area contributed by atoms with E-state index in [1.165, 1.54) is 23.1 Å². The topological polar surface area (TPSA) is 107 Å². The van der Waals surface area contributed by atoms with Crippen LogP contribution in [0.4, 0.5) is 5.00 Å².